The maximum absolute atomic E-state index is 4.74. The number of nitrogens with zero attached hydrogens (tertiary/aromatic N) is 3. The molecule has 0 spiro atoms. The fourth-order valence-corrected chi connectivity index (χ4v) is 3.71. The molecule has 2 rings (SSSR count). The minimum Gasteiger partial charge on any atom is -0.357 e. The average Bonchev–Trinajstić information content (AvgIpc) is 3.10. The first-order chi connectivity index (χ1) is 11.3. The van der Waals surface area contributed by atoms with Gasteiger partial charge in [0.25, 0.3) is 0 Å². The fourth-order valence-electron chi connectivity index (χ4n) is 3.71. The number of piperidine rings is 1. The average molecular weight is 324 g/mol. The number of aliphatic imine (C=N–C) groups is 1. The SMILES string of the molecule is CCNC(=NCCN1CCCCC1)NCCN(C)C1CCCC1. The van der Waals surface area contributed by atoms with Crippen molar-refractivity contribution in [2.75, 3.05) is 52.9 Å². The summed E-state index contributed by atoms with van der Waals surface area (Å²) >= 11 is 0. The molecule has 1 aliphatic heterocycles. The topological polar surface area (TPSA) is 42.9 Å². The standard InChI is InChI=1S/C18H37N5/c1-3-19-18(21-12-16-23-13-7-4-8-14-23)20-11-15-22(2)17-9-5-6-10-17/h17H,3-16H2,1-2H3,(H2,19,20,21). The molecule has 0 unspecified atom stereocenters. The Morgan fingerprint density at radius 2 is 1.83 bits per heavy atom. The molecule has 134 valence electrons. The Labute approximate surface area is 142 Å². The fraction of sp³-hybridized carbons (Fsp3) is 0.944. The lowest BCUT2D eigenvalue weighted by Crippen LogP contribution is -2.43. The minimum absolute atomic E-state index is 0.801. The number of guanidine groups is 1. The Morgan fingerprint density at radius 3 is 2.52 bits per heavy atom. The first-order valence-corrected chi connectivity index (χ1v) is 9.74. The van der Waals surface area contributed by atoms with Crippen molar-refractivity contribution in [3.63, 3.8) is 0 Å². The van der Waals surface area contributed by atoms with Gasteiger partial charge in [-0.25, -0.2) is 0 Å². The van der Waals surface area contributed by atoms with Gasteiger partial charge < -0.3 is 20.4 Å². The van der Waals surface area contributed by atoms with Gasteiger partial charge in [-0.15, -0.1) is 0 Å². The lowest BCUT2D eigenvalue weighted by atomic mass is 10.1. The zero-order chi connectivity index (χ0) is 16.3. The van der Waals surface area contributed by atoms with Crippen LogP contribution in [0.3, 0.4) is 0 Å². The first-order valence-electron chi connectivity index (χ1n) is 9.74. The summed E-state index contributed by atoms with van der Waals surface area (Å²) in [7, 11) is 2.26. The highest BCUT2D eigenvalue weighted by Gasteiger charge is 2.18. The van der Waals surface area contributed by atoms with Crippen LogP contribution in [0.4, 0.5) is 0 Å². The van der Waals surface area contributed by atoms with Crippen molar-refractivity contribution in [1.29, 1.82) is 0 Å². The Kier molecular flexibility index (Phi) is 8.76. The monoisotopic (exact) mass is 323 g/mol. The highest BCUT2D eigenvalue weighted by Crippen LogP contribution is 2.21. The molecule has 0 bridgehead atoms. The van der Waals surface area contributed by atoms with E-state index in [2.05, 4.69) is 34.4 Å². The summed E-state index contributed by atoms with van der Waals surface area (Å²) in [6, 6.07) is 0.801. The van der Waals surface area contributed by atoms with Crippen molar-refractivity contribution >= 4 is 5.96 Å². The molecule has 0 atom stereocenters. The summed E-state index contributed by atoms with van der Waals surface area (Å²) in [6.45, 7) is 9.63. The maximum Gasteiger partial charge on any atom is 0.191 e. The van der Waals surface area contributed by atoms with Crippen LogP contribution in [0.1, 0.15) is 51.9 Å². The van der Waals surface area contributed by atoms with Gasteiger partial charge in [-0.3, -0.25) is 4.99 Å². The van der Waals surface area contributed by atoms with Crippen LogP contribution in [0.15, 0.2) is 4.99 Å². The largest absolute Gasteiger partial charge is 0.357 e. The van der Waals surface area contributed by atoms with E-state index in [1.165, 1.54) is 58.0 Å². The number of hydrogen-bond donors (Lipinski definition) is 2. The van der Waals surface area contributed by atoms with Crippen molar-refractivity contribution in [2.45, 2.75) is 57.9 Å². The molecule has 1 heterocycles. The molecular formula is C18H37N5. The van der Waals surface area contributed by atoms with Gasteiger partial charge in [0.1, 0.15) is 0 Å². The van der Waals surface area contributed by atoms with Crippen molar-refractivity contribution < 1.29 is 0 Å². The van der Waals surface area contributed by atoms with Gasteiger partial charge in [0.15, 0.2) is 5.96 Å². The Hall–Kier alpha value is -0.810. The Morgan fingerprint density at radius 1 is 1.09 bits per heavy atom. The third-order valence-electron chi connectivity index (χ3n) is 5.18. The lowest BCUT2D eigenvalue weighted by molar-refractivity contribution is 0.235. The predicted octanol–water partition coefficient (Wildman–Crippen LogP) is 1.90. The van der Waals surface area contributed by atoms with E-state index in [1.807, 2.05) is 0 Å². The molecule has 1 saturated carbocycles. The summed E-state index contributed by atoms with van der Waals surface area (Å²) in [4.78, 5) is 9.79. The molecule has 1 saturated heterocycles. The normalized spacial score (nSPS) is 21.1. The molecule has 5 heteroatoms. The highest BCUT2D eigenvalue weighted by molar-refractivity contribution is 5.79. The van der Waals surface area contributed by atoms with Crippen LogP contribution in [-0.2, 0) is 0 Å². The van der Waals surface area contributed by atoms with E-state index >= 15 is 0 Å². The van der Waals surface area contributed by atoms with Crippen LogP contribution < -0.4 is 10.6 Å². The Bertz CT molecular complexity index is 332. The van der Waals surface area contributed by atoms with Crippen molar-refractivity contribution in [1.82, 2.24) is 20.4 Å². The third kappa shape index (κ3) is 7.08. The van der Waals surface area contributed by atoms with Gasteiger partial charge in [0.2, 0.25) is 0 Å². The molecule has 0 radical (unpaired) electrons. The van der Waals surface area contributed by atoms with E-state index in [0.717, 1.165) is 44.7 Å². The predicted molar refractivity (Wildman–Crippen MR) is 99.2 cm³/mol. The van der Waals surface area contributed by atoms with Gasteiger partial charge in [-0.1, -0.05) is 19.3 Å². The molecule has 2 fully saturated rings. The quantitative estimate of drug-likeness (QED) is 0.529. The van der Waals surface area contributed by atoms with Crippen molar-refractivity contribution in [3.8, 4) is 0 Å². The van der Waals surface area contributed by atoms with Crippen LogP contribution in [-0.4, -0.2) is 74.7 Å². The number of likely N-dealkylation sites (tertiary alicyclic amines) is 1. The summed E-state index contributed by atoms with van der Waals surface area (Å²) < 4.78 is 0. The van der Waals surface area contributed by atoms with Crippen LogP contribution in [0.5, 0.6) is 0 Å². The van der Waals surface area contributed by atoms with Crippen molar-refractivity contribution in [2.24, 2.45) is 4.99 Å². The van der Waals surface area contributed by atoms with E-state index in [0.29, 0.717) is 0 Å². The van der Waals surface area contributed by atoms with Gasteiger partial charge in [-0.2, -0.15) is 0 Å². The second kappa shape index (κ2) is 10.9. The van der Waals surface area contributed by atoms with E-state index < -0.39 is 0 Å². The molecule has 0 aromatic rings. The number of nitrogens with one attached hydrogen (secondary N) is 2. The maximum atomic E-state index is 4.74. The molecule has 0 aromatic carbocycles. The molecule has 2 aliphatic rings. The highest BCUT2D eigenvalue weighted by atomic mass is 15.2. The van der Waals surface area contributed by atoms with Crippen LogP contribution in [0.2, 0.25) is 0 Å². The first kappa shape index (κ1) is 18.5. The second-order valence-electron chi connectivity index (χ2n) is 7.01. The molecule has 0 amide bonds. The van der Waals surface area contributed by atoms with Gasteiger partial charge in [0, 0.05) is 32.2 Å². The van der Waals surface area contributed by atoms with E-state index in [-0.39, 0.29) is 0 Å². The van der Waals surface area contributed by atoms with E-state index in [4.69, 9.17) is 4.99 Å². The lowest BCUT2D eigenvalue weighted by Gasteiger charge is -2.26. The van der Waals surface area contributed by atoms with E-state index in [1.54, 1.807) is 0 Å². The van der Waals surface area contributed by atoms with Crippen LogP contribution >= 0.6 is 0 Å². The molecule has 23 heavy (non-hydrogen) atoms. The second-order valence-corrected chi connectivity index (χ2v) is 7.01. The zero-order valence-corrected chi connectivity index (χ0v) is 15.3. The van der Waals surface area contributed by atoms with Crippen molar-refractivity contribution in [3.05, 3.63) is 0 Å². The molecular weight excluding hydrogens is 286 g/mol. The van der Waals surface area contributed by atoms with Gasteiger partial charge in [0.05, 0.1) is 6.54 Å². The number of hydrogen-bond acceptors (Lipinski definition) is 3. The van der Waals surface area contributed by atoms with Gasteiger partial charge in [-0.05, 0) is 52.7 Å². The summed E-state index contributed by atoms with van der Waals surface area (Å²) in [5, 5.41) is 6.86. The molecule has 2 N–H and O–H groups in total. The zero-order valence-electron chi connectivity index (χ0n) is 15.3. The number of likely N-dealkylation sites (N-methyl/N-ethyl adjacent to an activating group) is 1. The third-order valence-corrected chi connectivity index (χ3v) is 5.18. The molecule has 5 nitrogen and oxygen atoms in total. The van der Waals surface area contributed by atoms with Gasteiger partial charge >= 0.3 is 0 Å². The minimum atomic E-state index is 0.801. The Balaban J connectivity index is 1.64. The summed E-state index contributed by atoms with van der Waals surface area (Å²) in [6.07, 6.45) is 9.68. The molecule has 0 aromatic heterocycles. The van der Waals surface area contributed by atoms with Crippen LogP contribution in [0.25, 0.3) is 0 Å². The number of rotatable bonds is 8. The smallest absolute Gasteiger partial charge is 0.191 e. The van der Waals surface area contributed by atoms with E-state index in [9.17, 15) is 0 Å². The summed E-state index contributed by atoms with van der Waals surface area (Å²) in [5.74, 6) is 0.976. The summed E-state index contributed by atoms with van der Waals surface area (Å²) in [5.41, 5.74) is 0. The van der Waals surface area contributed by atoms with Crippen LogP contribution in [0, 0.1) is 0 Å². The molecule has 1 aliphatic carbocycles.